The van der Waals surface area contributed by atoms with E-state index in [1.807, 2.05) is 4.90 Å². The van der Waals surface area contributed by atoms with Crippen LogP contribution in [0.1, 0.15) is 25.7 Å². The van der Waals surface area contributed by atoms with E-state index in [-0.39, 0.29) is 11.5 Å². The molecular formula is C12H17NO2. The van der Waals surface area contributed by atoms with Gasteiger partial charge in [-0.05, 0) is 37.7 Å². The maximum Gasteiger partial charge on any atom is 0.246 e. The van der Waals surface area contributed by atoms with Crippen LogP contribution in [0, 0.1) is 5.92 Å². The van der Waals surface area contributed by atoms with Gasteiger partial charge in [0.05, 0.1) is 12.6 Å². The van der Waals surface area contributed by atoms with E-state index in [0.717, 1.165) is 26.0 Å². The molecule has 0 radical (unpaired) electrons. The largest absolute Gasteiger partial charge is 0.371 e. The van der Waals surface area contributed by atoms with Crippen LogP contribution in [0.4, 0.5) is 0 Å². The van der Waals surface area contributed by atoms with E-state index < -0.39 is 0 Å². The number of carbonyl (C=O) groups is 1. The SMILES string of the molecule is C=CC(=O)N1CC2(CCCO2)C1C1CC1. The van der Waals surface area contributed by atoms with E-state index in [2.05, 4.69) is 6.58 Å². The molecule has 0 aromatic rings. The van der Waals surface area contributed by atoms with E-state index in [9.17, 15) is 4.79 Å². The quantitative estimate of drug-likeness (QED) is 0.639. The van der Waals surface area contributed by atoms with Crippen molar-refractivity contribution in [1.82, 2.24) is 4.90 Å². The Morgan fingerprint density at radius 1 is 1.53 bits per heavy atom. The van der Waals surface area contributed by atoms with E-state index in [0.29, 0.717) is 12.0 Å². The fraction of sp³-hybridized carbons (Fsp3) is 0.750. The zero-order valence-corrected chi connectivity index (χ0v) is 8.95. The summed E-state index contributed by atoms with van der Waals surface area (Å²) in [7, 11) is 0. The fourth-order valence-electron chi connectivity index (χ4n) is 3.16. The molecule has 1 amide bonds. The van der Waals surface area contributed by atoms with Gasteiger partial charge in [0.2, 0.25) is 5.91 Å². The molecule has 2 unspecified atom stereocenters. The van der Waals surface area contributed by atoms with Gasteiger partial charge in [0.25, 0.3) is 0 Å². The maximum absolute atomic E-state index is 11.6. The summed E-state index contributed by atoms with van der Waals surface area (Å²) in [5.74, 6) is 0.772. The summed E-state index contributed by atoms with van der Waals surface area (Å²) in [5.41, 5.74) is 0.0276. The standard InChI is InChI=1S/C12H17NO2/c1-2-10(14)13-8-12(6-3-7-15-12)11(13)9-4-5-9/h2,9,11H,1,3-8H2. The van der Waals surface area contributed by atoms with Gasteiger partial charge in [-0.3, -0.25) is 4.79 Å². The first-order valence-electron chi connectivity index (χ1n) is 5.84. The molecule has 2 saturated heterocycles. The van der Waals surface area contributed by atoms with Crippen LogP contribution in [0.25, 0.3) is 0 Å². The third-order valence-electron chi connectivity index (χ3n) is 3.97. The molecule has 1 spiro atoms. The van der Waals surface area contributed by atoms with Crippen molar-refractivity contribution < 1.29 is 9.53 Å². The predicted octanol–water partition coefficient (Wildman–Crippen LogP) is 1.34. The number of nitrogens with zero attached hydrogens (tertiary/aromatic N) is 1. The maximum atomic E-state index is 11.6. The summed E-state index contributed by atoms with van der Waals surface area (Å²) in [6, 6.07) is 0.352. The van der Waals surface area contributed by atoms with Gasteiger partial charge in [-0.25, -0.2) is 0 Å². The number of rotatable bonds is 2. The van der Waals surface area contributed by atoms with Gasteiger partial charge in [-0.2, -0.15) is 0 Å². The lowest BCUT2D eigenvalue weighted by Gasteiger charge is -2.55. The molecule has 0 aromatic heterocycles. The van der Waals surface area contributed by atoms with Crippen molar-refractivity contribution in [3.05, 3.63) is 12.7 Å². The monoisotopic (exact) mass is 207 g/mol. The third kappa shape index (κ3) is 1.26. The summed E-state index contributed by atoms with van der Waals surface area (Å²) in [5, 5.41) is 0. The number of likely N-dealkylation sites (tertiary alicyclic amines) is 1. The summed E-state index contributed by atoms with van der Waals surface area (Å²) < 4.78 is 5.89. The Kier molecular flexibility index (Phi) is 1.93. The predicted molar refractivity (Wildman–Crippen MR) is 56.3 cm³/mol. The van der Waals surface area contributed by atoms with Gasteiger partial charge < -0.3 is 9.64 Å². The van der Waals surface area contributed by atoms with Crippen molar-refractivity contribution in [2.24, 2.45) is 5.92 Å². The first-order chi connectivity index (χ1) is 7.27. The normalized spacial score (nSPS) is 39.2. The Morgan fingerprint density at radius 2 is 2.33 bits per heavy atom. The molecule has 3 fully saturated rings. The molecule has 0 bridgehead atoms. The second-order valence-corrected chi connectivity index (χ2v) is 4.97. The zero-order chi connectivity index (χ0) is 10.5. The Morgan fingerprint density at radius 3 is 2.87 bits per heavy atom. The van der Waals surface area contributed by atoms with Crippen LogP contribution in [0.15, 0.2) is 12.7 Å². The van der Waals surface area contributed by atoms with Crippen LogP contribution in [0.3, 0.4) is 0 Å². The Balaban J connectivity index is 1.79. The van der Waals surface area contributed by atoms with Crippen LogP contribution in [-0.2, 0) is 9.53 Å². The highest BCUT2D eigenvalue weighted by Gasteiger charge is 2.61. The van der Waals surface area contributed by atoms with Crippen molar-refractivity contribution in [2.75, 3.05) is 13.2 Å². The van der Waals surface area contributed by atoms with E-state index in [1.54, 1.807) is 0 Å². The number of carbonyl (C=O) groups excluding carboxylic acids is 1. The highest BCUT2D eigenvalue weighted by molar-refractivity contribution is 5.88. The number of hydrogen-bond acceptors (Lipinski definition) is 2. The van der Waals surface area contributed by atoms with Gasteiger partial charge in [-0.15, -0.1) is 0 Å². The third-order valence-corrected chi connectivity index (χ3v) is 3.97. The zero-order valence-electron chi connectivity index (χ0n) is 8.95. The molecular weight excluding hydrogens is 190 g/mol. The summed E-state index contributed by atoms with van der Waals surface area (Å²) in [6.07, 6.45) is 6.24. The second kappa shape index (κ2) is 3.08. The highest BCUT2D eigenvalue weighted by atomic mass is 16.5. The molecule has 0 N–H and O–H groups in total. The lowest BCUT2D eigenvalue weighted by atomic mass is 9.78. The number of amides is 1. The molecule has 15 heavy (non-hydrogen) atoms. The average molecular weight is 207 g/mol. The van der Waals surface area contributed by atoms with Gasteiger partial charge in [-0.1, -0.05) is 6.58 Å². The van der Waals surface area contributed by atoms with Gasteiger partial charge in [0, 0.05) is 6.61 Å². The lowest BCUT2D eigenvalue weighted by Crippen LogP contribution is -2.71. The molecule has 1 aliphatic carbocycles. The molecule has 0 aromatic carbocycles. The van der Waals surface area contributed by atoms with Crippen molar-refractivity contribution in [3.8, 4) is 0 Å². The molecule has 82 valence electrons. The summed E-state index contributed by atoms with van der Waals surface area (Å²) >= 11 is 0. The highest BCUT2D eigenvalue weighted by Crippen LogP contribution is 2.51. The fourth-order valence-corrected chi connectivity index (χ4v) is 3.16. The minimum absolute atomic E-state index is 0.0276. The number of hydrogen-bond donors (Lipinski definition) is 0. The van der Waals surface area contributed by atoms with E-state index >= 15 is 0 Å². The van der Waals surface area contributed by atoms with Gasteiger partial charge in [0.15, 0.2) is 0 Å². The molecule has 3 nitrogen and oxygen atoms in total. The van der Waals surface area contributed by atoms with Gasteiger partial charge >= 0.3 is 0 Å². The lowest BCUT2D eigenvalue weighted by molar-refractivity contribution is -0.180. The molecule has 2 atom stereocenters. The summed E-state index contributed by atoms with van der Waals surface area (Å²) in [6.45, 7) is 5.23. The Bertz CT molecular complexity index is 303. The number of ether oxygens (including phenoxy) is 1. The molecule has 3 rings (SSSR count). The Labute approximate surface area is 90.1 Å². The molecule has 3 heteroatoms. The Hall–Kier alpha value is -0.830. The average Bonchev–Trinajstić information content (AvgIpc) is 2.89. The molecule has 3 aliphatic rings. The van der Waals surface area contributed by atoms with Crippen molar-refractivity contribution in [1.29, 1.82) is 0 Å². The van der Waals surface area contributed by atoms with Crippen molar-refractivity contribution >= 4 is 5.91 Å². The molecule has 2 heterocycles. The minimum atomic E-state index is 0.0276. The first kappa shape index (κ1) is 9.40. The van der Waals surface area contributed by atoms with Crippen molar-refractivity contribution in [3.63, 3.8) is 0 Å². The molecule has 2 aliphatic heterocycles. The summed E-state index contributed by atoms with van der Waals surface area (Å²) in [4.78, 5) is 13.6. The van der Waals surface area contributed by atoms with E-state index in [4.69, 9.17) is 4.74 Å². The van der Waals surface area contributed by atoms with Crippen LogP contribution >= 0.6 is 0 Å². The second-order valence-electron chi connectivity index (χ2n) is 4.97. The topological polar surface area (TPSA) is 29.5 Å². The van der Waals surface area contributed by atoms with Crippen LogP contribution in [-0.4, -0.2) is 35.6 Å². The van der Waals surface area contributed by atoms with Crippen LogP contribution in [0.5, 0.6) is 0 Å². The minimum Gasteiger partial charge on any atom is -0.371 e. The van der Waals surface area contributed by atoms with Crippen LogP contribution < -0.4 is 0 Å². The van der Waals surface area contributed by atoms with Gasteiger partial charge in [0.1, 0.15) is 5.60 Å². The molecule has 1 saturated carbocycles. The van der Waals surface area contributed by atoms with Crippen LogP contribution in [0.2, 0.25) is 0 Å². The smallest absolute Gasteiger partial charge is 0.246 e. The van der Waals surface area contributed by atoms with E-state index in [1.165, 1.54) is 18.9 Å². The first-order valence-corrected chi connectivity index (χ1v) is 5.84. The van der Waals surface area contributed by atoms with Crippen molar-refractivity contribution in [2.45, 2.75) is 37.3 Å².